The number of H-pyrrole nitrogens is 1. The molecule has 3 rings (SSSR count). The molecule has 3 atom stereocenters. The SMILES string of the molecule is Cc1cc(/C=C/[C@H]2CCC(C)[C@@H]2CCCc2ccc(C(=O)O)s2)cc(=O)[nH]1. The molecule has 0 aliphatic heterocycles. The van der Waals surface area contributed by atoms with E-state index in [1.807, 2.05) is 19.1 Å². The summed E-state index contributed by atoms with van der Waals surface area (Å²) in [6.45, 7) is 4.24. The number of aromatic amines is 1. The van der Waals surface area contributed by atoms with E-state index in [9.17, 15) is 9.59 Å². The largest absolute Gasteiger partial charge is 0.477 e. The number of hydrogen-bond donors (Lipinski definition) is 2. The Balaban J connectivity index is 1.58. The molecule has 4 nitrogen and oxygen atoms in total. The molecule has 2 heterocycles. The van der Waals surface area contributed by atoms with Crippen LogP contribution >= 0.6 is 11.3 Å². The zero-order chi connectivity index (χ0) is 19.4. The molecule has 0 amide bonds. The lowest BCUT2D eigenvalue weighted by atomic mass is 9.85. The lowest BCUT2D eigenvalue weighted by molar-refractivity contribution is 0.0702. The molecule has 1 aliphatic rings. The van der Waals surface area contributed by atoms with E-state index >= 15 is 0 Å². The van der Waals surface area contributed by atoms with Crippen LogP contribution in [0.2, 0.25) is 0 Å². The molecule has 2 aromatic rings. The Bertz CT molecular complexity index is 880. The topological polar surface area (TPSA) is 70.2 Å². The van der Waals surface area contributed by atoms with Gasteiger partial charge in [-0.15, -0.1) is 11.3 Å². The van der Waals surface area contributed by atoms with Crippen molar-refractivity contribution in [2.24, 2.45) is 17.8 Å². The number of aromatic carboxylic acids is 1. The van der Waals surface area contributed by atoms with E-state index in [4.69, 9.17) is 5.11 Å². The van der Waals surface area contributed by atoms with Crippen LogP contribution in [-0.4, -0.2) is 16.1 Å². The van der Waals surface area contributed by atoms with Crippen molar-refractivity contribution in [2.75, 3.05) is 0 Å². The van der Waals surface area contributed by atoms with Gasteiger partial charge >= 0.3 is 5.97 Å². The summed E-state index contributed by atoms with van der Waals surface area (Å²) in [5, 5.41) is 9.03. The summed E-state index contributed by atoms with van der Waals surface area (Å²) >= 11 is 1.39. The van der Waals surface area contributed by atoms with Gasteiger partial charge in [-0.2, -0.15) is 0 Å². The summed E-state index contributed by atoms with van der Waals surface area (Å²) in [7, 11) is 0. The number of allylic oxidation sites excluding steroid dienone is 1. The van der Waals surface area contributed by atoms with E-state index in [0.717, 1.165) is 35.4 Å². The first-order valence-electron chi connectivity index (χ1n) is 9.63. The van der Waals surface area contributed by atoms with Crippen LogP contribution in [0, 0.1) is 24.7 Å². The van der Waals surface area contributed by atoms with Crippen molar-refractivity contribution >= 4 is 23.4 Å². The minimum Gasteiger partial charge on any atom is -0.477 e. The lowest BCUT2D eigenvalue weighted by Crippen LogP contribution is -2.12. The van der Waals surface area contributed by atoms with Gasteiger partial charge in [-0.1, -0.05) is 19.1 Å². The van der Waals surface area contributed by atoms with Gasteiger partial charge < -0.3 is 10.1 Å². The predicted molar refractivity (Wildman–Crippen MR) is 110 cm³/mol. The zero-order valence-corrected chi connectivity index (χ0v) is 16.7. The molecule has 2 N–H and O–H groups in total. The third-order valence-corrected chi connectivity index (χ3v) is 6.74. The van der Waals surface area contributed by atoms with Gasteiger partial charge in [0.05, 0.1) is 0 Å². The zero-order valence-electron chi connectivity index (χ0n) is 15.9. The van der Waals surface area contributed by atoms with E-state index in [-0.39, 0.29) is 5.56 Å². The molecule has 144 valence electrons. The van der Waals surface area contributed by atoms with Crippen LogP contribution in [0.15, 0.2) is 35.1 Å². The molecule has 5 heteroatoms. The van der Waals surface area contributed by atoms with Gasteiger partial charge in [0.2, 0.25) is 5.56 Å². The summed E-state index contributed by atoms with van der Waals surface area (Å²) in [5.74, 6) is 1.08. The Morgan fingerprint density at radius 2 is 2.15 bits per heavy atom. The number of aryl methyl sites for hydroxylation is 2. The molecule has 0 spiro atoms. The first-order valence-corrected chi connectivity index (χ1v) is 10.4. The fourth-order valence-electron chi connectivity index (χ4n) is 4.22. The number of carboxylic acids is 1. The monoisotopic (exact) mass is 385 g/mol. The number of thiophene rings is 1. The van der Waals surface area contributed by atoms with Crippen LogP contribution in [0.3, 0.4) is 0 Å². The van der Waals surface area contributed by atoms with E-state index in [2.05, 4.69) is 24.1 Å². The third-order valence-electron chi connectivity index (χ3n) is 5.61. The number of rotatable bonds is 7. The van der Waals surface area contributed by atoms with Crippen LogP contribution in [-0.2, 0) is 6.42 Å². The molecular formula is C22H27NO3S. The standard InChI is InChI=1S/C22H27NO3S/c1-14-6-8-17(9-7-16-12-15(2)23-21(24)13-16)19(14)5-3-4-18-10-11-20(27-18)22(25)26/h7,9-14,17,19H,3-6,8H2,1-2H3,(H,23,24)(H,25,26)/b9-7+/t14?,17-,19+/m1/s1. The normalized spacial score (nSPS) is 22.5. The van der Waals surface area contributed by atoms with Crippen LogP contribution < -0.4 is 5.56 Å². The molecule has 1 unspecified atom stereocenters. The summed E-state index contributed by atoms with van der Waals surface area (Å²) < 4.78 is 0. The van der Waals surface area contributed by atoms with Gasteiger partial charge in [-0.3, -0.25) is 4.79 Å². The van der Waals surface area contributed by atoms with Crippen molar-refractivity contribution in [1.29, 1.82) is 0 Å². The van der Waals surface area contributed by atoms with Gasteiger partial charge in [0.15, 0.2) is 0 Å². The Morgan fingerprint density at radius 3 is 2.85 bits per heavy atom. The fourth-order valence-corrected chi connectivity index (χ4v) is 5.11. The molecule has 0 aromatic carbocycles. The van der Waals surface area contributed by atoms with Gasteiger partial charge in [0.1, 0.15) is 4.88 Å². The average molecular weight is 386 g/mol. The molecule has 27 heavy (non-hydrogen) atoms. The maximum absolute atomic E-state index is 11.6. The first kappa shape index (κ1) is 19.6. The minimum atomic E-state index is -0.837. The van der Waals surface area contributed by atoms with Crippen molar-refractivity contribution in [2.45, 2.75) is 46.0 Å². The highest BCUT2D eigenvalue weighted by Gasteiger charge is 2.31. The molecule has 1 aliphatic carbocycles. The van der Waals surface area contributed by atoms with Crippen molar-refractivity contribution in [1.82, 2.24) is 4.98 Å². The fraction of sp³-hybridized carbons (Fsp3) is 0.455. The number of carbonyl (C=O) groups is 1. The number of hydrogen-bond acceptors (Lipinski definition) is 3. The highest BCUT2D eigenvalue weighted by atomic mass is 32.1. The van der Waals surface area contributed by atoms with Crippen LogP contribution in [0.5, 0.6) is 0 Å². The second-order valence-electron chi connectivity index (χ2n) is 7.67. The summed E-state index contributed by atoms with van der Waals surface area (Å²) in [4.78, 5) is 27.0. The molecule has 0 radical (unpaired) electrons. The van der Waals surface area contributed by atoms with Crippen molar-refractivity contribution in [3.05, 3.63) is 61.7 Å². The number of nitrogens with one attached hydrogen (secondary N) is 1. The van der Waals surface area contributed by atoms with Crippen molar-refractivity contribution in [3.8, 4) is 0 Å². The second kappa shape index (κ2) is 8.70. The molecule has 0 saturated heterocycles. The molecule has 1 fully saturated rings. The molecular weight excluding hydrogens is 358 g/mol. The van der Waals surface area contributed by atoms with E-state index in [1.54, 1.807) is 12.1 Å². The van der Waals surface area contributed by atoms with Crippen LogP contribution in [0.25, 0.3) is 6.08 Å². The predicted octanol–water partition coefficient (Wildman–Crippen LogP) is 5.14. The van der Waals surface area contributed by atoms with Gasteiger partial charge in [-0.05, 0) is 80.5 Å². The highest BCUT2D eigenvalue weighted by molar-refractivity contribution is 7.13. The summed E-state index contributed by atoms with van der Waals surface area (Å²) in [6.07, 6.45) is 10.0. The summed E-state index contributed by atoms with van der Waals surface area (Å²) in [5.41, 5.74) is 1.80. The minimum absolute atomic E-state index is 0.0531. The molecule has 0 bridgehead atoms. The first-order chi connectivity index (χ1) is 12.9. The van der Waals surface area contributed by atoms with Crippen LogP contribution in [0.4, 0.5) is 0 Å². The Kier molecular flexibility index (Phi) is 6.32. The van der Waals surface area contributed by atoms with E-state index in [0.29, 0.717) is 22.6 Å². The van der Waals surface area contributed by atoms with Gasteiger partial charge in [-0.25, -0.2) is 4.79 Å². The Morgan fingerprint density at radius 1 is 1.33 bits per heavy atom. The van der Waals surface area contributed by atoms with Crippen molar-refractivity contribution < 1.29 is 9.90 Å². The third kappa shape index (κ3) is 5.19. The quantitative estimate of drug-likeness (QED) is 0.693. The maximum Gasteiger partial charge on any atom is 0.345 e. The van der Waals surface area contributed by atoms with Gasteiger partial charge in [0.25, 0.3) is 0 Å². The Hall–Kier alpha value is -2.14. The average Bonchev–Trinajstić information content (AvgIpc) is 3.20. The van der Waals surface area contributed by atoms with E-state index < -0.39 is 5.97 Å². The lowest BCUT2D eigenvalue weighted by Gasteiger charge is -2.20. The highest BCUT2D eigenvalue weighted by Crippen LogP contribution is 2.41. The van der Waals surface area contributed by atoms with E-state index in [1.165, 1.54) is 24.2 Å². The van der Waals surface area contributed by atoms with Crippen molar-refractivity contribution in [3.63, 3.8) is 0 Å². The smallest absolute Gasteiger partial charge is 0.345 e. The summed E-state index contributed by atoms with van der Waals surface area (Å²) in [6, 6.07) is 7.30. The van der Waals surface area contributed by atoms with Gasteiger partial charge in [0, 0.05) is 16.6 Å². The number of carboxylic acid groups (broad SMARTS) is 1. The Labute approximate surface area is 164 Å². The van der Waals surface area contributed by atoms with Crippen LogP contribution in [0.1, 0.15) is 58.4 Å². The molecule has 1 saturated carbocycles. The molecule has 2 aromatic heterocycles. The maximum atomic E-state index is 11.6. The number of aromatic nitrogens is 1. The second-order valence-corrected chi connectivity index (χ2v) is 8.83. The number of pyridine rings is 1.